The van der Waals surface area contributed by atoms with E-state index in [0.29, 0.717) is 34.7 Å². The molecule has 0 aliphatic rings. The number of carbonyl (C=O) groups excluding carboxylic acids is 1. The Hall–Kier alpha value is -1.87. The highest BCUT2D eigenvalue weighted by atomic mass is 127. The Labute approximate surface area is 169 Å². The van der Waals surface area contributed by atoms with Gasteiger partial charge in [-0.3, -0.25) is 0 Å². The molecular weight excluding hydrogens is 469 g/mol. The van der Waals surface area contributed by atoms with Gasteiger partial charge in [-0.15, -0.1) is 0 Å². The molecule has 0 fully saturated rings. The number of hydrogen-bond acceptors (Lipinski definition) is 5. The van der Waals surface area contributed by atoms with Gasteiger partial charge in [0, 0.05) is 5.39 Å². The minimum Gasteiger partial charge on any atom is -0.476 e. The summed E-state index contributed by atoms with van der Waals surface area (Å²) in [5.41, 5.74) is 2.03. The number of benzene rings is 1. The Balaban J connectivity index is 2.00. The molecule has 0 bridgehead atoms. The number of methoxy groups -OCH3 is 1. The maximum absolute atomic E-state index is 11.7. The third kappa shape index (κ3) is 3.78. The summed E-state index contributed by atoms with van der Waals surface area (Å²) >= 11 is 8.45. The first-order valence-electron chi connectivity index (χ1n) is 7.96. The van der Waals surface area contributed by atoms with Gasteiger partial charge < -0.3 is 9.47 Å². The second-order valence-electron chi connectivity index (χ2n) is 6.11. The number of carbonyl (C=O) groups is 1. The number of halogens is 2. The molecule has 0 N–H and O–H groups in total. The fourth-order valence-corrected chi connectivity index (χ4v) is 3.27. The highest BCUT2D eigenvalue weighted by Crippen LogP contribution is 2.28. The van der Waals surface area contributed by atoms with Crippen LogP contribution in [0.15, 0.2) is 30.5 Å². The molecule has 0 saturated carbocycles. The molecular formula is C18H17ClIN3O3. The second kappa shape index (κ2) is 7.79. The Morgan fingerprint density at radius 1 is 1.35 bits per heavy atom. The number of nitrogens with zero attached hydrogens (tertiary/aromatic N) is 3. The van der Waals surface area contributed by atoms with Crippen molar-refractivity contribution in [1.82, 2.24) is 14.8 Å². The molecule has 0 radical (unpaired) electrons. The predicted octanol–water partition coefficient (Wildman–Crippen LogP) is 4.50. The monoisotopic (exact) mass is 485 g/mol. The number of fused-ring (bicyclic) bond motifs is 1. The van der Waals surface area contributed by atoms with Crippen LogP contribution < -0.4 is 4.74 Å². The van der Waals surface area contributed by atoms with E-state index in [4.69, 9.17) is 21.1 Å². The maximum Gasteiger partial charge on any atom is 0.337 e. The lowest BCUT2D eigenvalue weighted by molar-refractivity contribution is 0.0601. The van der Waals surface area contributed by atoms with Crippen molar-refractivity contribution in [2.24, 2.45) is 5.92 Å². The molecule has 0 spiro atoms. The van der Waals surface area contributed by atoms with Crippen LogP contribution in [0.2, 0.25) is 5.02 Å². The van der Waals surface area contributed by atoms with E-state index in [1.807, 2.05) is 6.07 Å². The fraction of sp³-hybridized carbons (Fsp3) is 0.278. The van der Waals surface area contributed by atoms with Crippen molar-refractivity contribution in [3.63, 3.8) is 0 Å². The number of rotatable bonds is 5. The molecule has 0 unspecified atom stereocenters. The lowest BCUT2D eigenvalue weighted by Crippen LogP contribution is -2.07. The van der Waals surface area contributed by atoms with Gasteiger partial charge in [-0.25, -0.2) is 14.5 Å². The first kappa shape index (κ1) is 18.9. The van der Waals surface area contributed by atoms with Crippen LogP contribution in [0.1, 0.15) is 24.2 Å². The molecule has 2 heterocycles. The van der Waals surface area contributed by atoms with Crippen molar-refractivity contribution in [3.05, 3.63) is 44.7 Å². The maximum atomic E-state index is 11.7. The van der Waals surface area contributed by atoms with Crippen LogP contribution in [0.5, 0.6) is 5.88 Å². The molecule has 6 nitrogen and oxygen atoms in total. The van der Waals surface area contributed by atoms with Crippen molar-refractivity contribution >= 4 is 51.1 Å². The zero-order chi connectivity index (χ0) is 18.8. The van der Waals surface area contributed by atoms with Crippen LogP contribution in [0.3, 0.4) is 0 Å². The first-order valence-corrected chi connectivity index (χ1v) is 9.41. The molecule has 26 heavy (non-hydrogen) atoms. The quantitative estimate of drug-likeness (QED) is 0.393. The van der Waals surface area contributed by atoms with E-state index >= 15 is 0 Å². The fourth-order valence-electron chi connectivity index (χ4n) is 2.41. The first-order chi connectivity index (χ1) is 12.4. The lowest BCUT2D eigenvalue weighted by atomic mass is 10.1. The molecule has 0 aliphatic heterocycles. The predicted molar refractivity (Wildman–Crippen MR) is 108 cm³/mol. The van der Waals surface area contributed by atoms with Crippen LogP contribution in [-0.4, -0.2) is 34.5 Å². The van der Waals surface area contributed by atoms with Gasteiger partial charge in [0.2, 0.25) is 5.88 Å². The van der Waals surface area contributed by atoms with Crippen molar-refractivity contribution in [3.8, 4) is 11.6 Å². The van der Waals surface area contributed by atoms with E-state index in [0.717, 1.165) is 14.6 Å². The van der Waals surface area contributed by atoms with Crippen LogP contribution in [-0.2, 0) is 4.74 Å². The number of hydrogen-bond donors (Lipinski definition) is 0. The standard InChI is InChI=1S/C18H17ClIN3O3/c1-10(2)9-26-17-14(19)7-12(8-21-17)23-15-5-4-11(18(24)25-3)6-13(15)16(20)22-23/h4-8,10H,9H2,1-3H3. The van der Waals surface area contributed by atoms with Crippen LogP contribution in [0.25, 0.3) is 16.6 Å². The topological polar surface area (TPSA) is 66.2 Å². The number of esters is 1. The minimum absolute atomic E-state index is 0.383. The number of ether oxygens (including phenoxy) is 2. The van der Waals surface area contributed by atoms with E-state index in [1.165, 1.54) is 7.11 Å². The zero-order valence-corrected chi connectivity index (χ0v) is 17.4. The smallest absolute Gasteiger partial charge is 0.337 e. The summed E-state index contributed by atoms with van der Waals surface area (Å²) in [6, 6.07) is 7.06. The average molecular weight is 486 g/mol. The molecule has 0 aliphatic carbocycles. The minimum atomic E-state index is -0.383. The van der Waals surface area contributed by atoms with E-state index in [1.54, 1.807) is 29.1 Å². The third-order valence-electron chi connectivity index (χ3n) is 3.65. The summed E-state index contributed by atoms with van der Waals surface area (Å²) in [4.78, 5) is 16.1. The average Bonchev–Trinajstić information content (AvgIpc) is 2.96. The van der Waals surface area contributed by atoms with Gasteiger partial charge in [0.25, 0.3) is 0 Å². The second-order valence-corrected chi connectivity index (χ2v) is 7.54. The van der Waals surface area contributed by atoms with E-state index in [9.17, 15) is 4.79 Å². The van der Waals surface area contributed by atoms with Gasteiger partial charge in [0.15, 0.2) is 0 Å². The van der Waals surface area contributed by atoms with Crippen LogP contribution in [0.4, 0.5) is 0 Å². The van der Waals surface area contributed by atoms with E-state index < -0.39 is 0 Å². The Morgan fingerprint density at radius 2 is 2.12 bits per heavy atom. The largest absolute Gasteiger partial charge is 0.476 e. The Kier molecular flexibility index (Phi) is 5.67. The van der Waals surface area contributed by atoms with E-state index in [2.05, 4.69) is 46.5 Å². The van der Waals surface area contributed by atoms with Gasteiger partial charge >= 0.3 is 5.97 Å². The van der Waals surface area contributed by atoms with Crippen LogP contribution in [0, 0.1) is 9.62 Å². The molecule has 0 atom stereocenters. The van der Waals surface area contributed by atoms with Gasteiger partial charge in [0.1, 0.15) is 8.72 Å². The van der Waals surface area contributed by atoms with Crippen LogP contribution >= 0.6 is 34.2 Å². The van der Waals surface area contributed by atoms with Crippen molar-refractivity contribution in [2.45, 2.75) is 13.8 Å². The Bertz CT molecular complexity index is 972. The molecule has 8 heteroatoms. The summed E-state index contributed by atoms with van der Waals surface area (Å²) in [5.74, 6) is 0.406. The lowest BCUT2D eigenvalue weighted by Gasteiger charge is -2.10. The van der Waals surface area contributed by atoms with Gasteiger partial charge in [0.05, 0.1) is 36.7 Å². The normalized spacial score (nSPS) is 11.2. The third-order valence-corrected chi connectivity index (χ3v) is 4.71. The summed E-state index contributed by atoms with van der Waals surface area (Å²) in [7, 11) is 1.36. The molecule has 3 aromatic rings. The highest BCUT2D eigenvalue weighted by molar-refractivity contribution is 14.1. The molecule has 1 aromatic carbocycles. The molecule has 2 aromatic heterocycles. The van der Waals surface area contributed by atoms with E-state index in [-0.39, 0.29) is 5.97 Å². The van der Waals surface area contributed by atoms with Crippen molar-refractivity contribution in [2.75, 3.05) is 13.7 Å². The number of pyridine rings is 1. The SMILES string of the molecule is COC(=O)c1ccc2c(c1)c(I)nn2-c1cnc(OCC(C)C)c(Cl)c1. The summed E-state index contributed by atoms with van der Waals surface area (Å²) in [5, 5.41) is 5.82. The zero-order valence-electron chi connectivity index (χ0n) is 14.5. The summed E-state index contributed by atoms with van der Waals surface area (Å²) in [6.07, 6.45) is 1.66. The highest BCUT2D eigenvalue weighted by Gasteiger charge is 2.15. The summed E-state index contributed by atoms with van der Waals surface area (Å²) < 4.78 is 12.9. The Morgan fingerprint density at radius 3 is 2.77 bits per heavy atom. The number of aromatic nitrogens is 3. The molecule has 136 valence electrons. The van der Waals surface area contributed by atoms with Crippen molar-refractivity contribution in [1.29, 1.82) is 0 Å². The summed E-state index contributed by atoms with van der Waals surface area (Å²) in [6.45, 7) is 4.66. The van der Waals surface area contributed by atoms with Gasteiger partial charge in [-0.2, -0.15) is 5.10 Å². The molecule has 3 rings (SSSR count). The molecule has 0 saturated heterocycles. The van der Waals surface area contributed by atoms with Gasteiger partial charge in [-0.1, -0.05) is 25.4 Å². The molecule has 0 amide bonds. The van der Waals surface area contributed by atoms with Gasteiger partial charge in [-0.05, 0) is 52.8 Å². The van der Waals surface area contributed by atoms with Crippen molar-refractivity contribution < 1.29 is 14.3 Å².